The summed E-state index contributed by atoms with van der Waals surface area (Å²) in [5.41, 5.74) is 3.46. The van der Waals surface area contributed by atoms with Crippen molar-refractivity contribution in [2.75, 3.05) is 19.1 Å². The molecule has 0 unspecified atom stereocenters. The van der Waals surface area contributed by atoms with Crippen molar-refractivity contribution in [1.82, 2.24) is 9.66 Å². The molecule has 0 fully saturated rings. The zero-order chi connectivity index (χ0) is 10.3. The second kappa shape index (κ2) is 3.13. The number of para-hydroxylation sites is 1. The van der Waals surface area contributed by atoms with E-state index in [2.05, 4.69) is 24.0 Å². The SMILES string of the molecule is Cc1cccc2c1[nH]c(=S)n2N(C)C. The minimum Gasteiger partial charge on any atom is -0.329 e. The molecule has 2 aromatic rings. The van der Waals surface area contributed by atoms with Crippen molar-refractivity contribution in [3.8, 4) is 0 Å². The van der Waals surface area contributed by atoms with Crippen molar-refractivity contribution >= 4 is 23.3 Å². The van der Waals surface area contributed by atoms with Gasteiger partial charge in [0.15, 0.2) is 4.77 Å². The smallest absolute Gasteiger partial charge is 0.197 e. The molecule has 0 saturated heterocycles. The lowest BCUT2D eigenvalue weighted by Gasteiger charge is -2.14. The molecule has 1 aromatic carbocycles. The molecule has 0 aliphatic rings. The van der Waals surface area contributed by atoms with E-state index >= 15 is 0 Å². The third-order valence-corrected chi connectivity index (χ3v) is 2.58. The van der Waals surface area contributed by atoms with Crippen LogP contribution in [0.1, 0.15) is 5.56 Å². The van der Waals surface area contributed by atoms with Crippen LogP contribution >= 0.6 is 12.2 Å². The number of hydrogen-bond donors (Lipinski definition) is 1. The number of aryl methyl sites for hydroxylation is 1. The fourth-order valence-corrected chi connectivity index (χ4v) is 2.02. The third-order valence-electron chi connectivity index (χ3n) is 2.30. The molecule has 0 radical (unpaired) electrons. The summed E-state index contributed by atoms with van der Waals surface area (Å²) in [7, 11) is 3.96. The van der Waals surface area contributed by atoms with Gasteiger partial charge in [-0.1, -0.05) is 12.1 Å². The summed E-state index contributed by atoms with van der Waals surface area (Å²) in [5.74, 6) is 0. The number of benzene rings is 1. The largest absolute Gasteiger partial charge is 0.329 e. The maximum atomic E-state index is 5.25. The van der Waals surface area contributed by atoms with Crippen molar-refractivity contribution in [1.29, 1.82) is 0 Å². The predicted molar refractivity (Wildman–Crippen MR) is 61.9 cm³/mol. The summed E-state index contributed by atoms with van der Waals surface area (Å²) in [6.07, 6.45) is 0. The van der Waals surface area contributed by atoms with Gasteiger partial charge in [0, 0.05) is 14.1 Å². The number of nitrogens with one attached hydrogen (secondary N) is 1. The Labute approximate surface area is 87.9 Å². The van der Waals surface area contributed by atoms with Gasteiger partial charge in [0.1, 0.15) is 0 Å². The molecule has 0 spiro atoms. The van der Waals surface area contributed by atoms with Gasteiger partial charge in [-0.25, -0.2) is 4.68 Å². The summed E-state index contributed by atoms with van der Waals surface area (Å²) in [5, 5.41) is 1.97. The number of fused-ring (bicyclic) bond motifs is 1. The topological polar surface area (TPSA) is 24.0 Å². The molecule has 1 heterocycles. The first-order valence-electron chi connectivity index (χ1n) is 4.49. The Bertz CT molecular complexity index is 522. The minimum absolute atomic E-state index is 0.735. The first kappa shape index (κ1) is 9.27. The van der Waals surface area contributed by atoms with Gasteiger partial charge in [-0.15, -0.1) is 0 Å². The molecule has 0 saturated carbocycles. The van der Waals surface area contributed by atoms with Crippen molar-refractivity contribution in [2.45, 2.75) is 6.92 Å². The van der Waals surface area contributed by atoms with Crippen LogP contribution in [0.4, 0.5) is 0 Å². The number of hydrogen-bond acceptors (Lipinski definition) is 2. The highest BCUT2D eigenvalue weighted by molar-refractivity contribution is 7.71. The van der Waals surface area contributed by atoms with Crippen LogP contribution in [0.3, 0.4) is 0 Å². The minimum atomic E-state index is 0.735. The molecule has 0 atom stereocenters. The molecule has 1 aromatic heterocycles. The lowest BCUT2D eigenvalue weighted by Crippen LogP contribution is -2.24. The van der Waals surface area contributed by atoms with E-state index in [0.29, 0.717) is 0 Å². The van der Waals surface area contributed by atoms with Gasteiger partial charge in [0.25, 0.3) is 0 Å². The molecule has 0 aliphatic carbocycles. The number of aromatic nitrogens is 2. The number of rotatable bonds is 1. The normalized spacial score (nSPS) is 10.8. The summed E-state index contributed by atoms with van der Waals surface area (Å²) < 4.78 is 2.72. The van der Waals surface area contributed by atoms with Crippen molar-refractivity contribution in [3.05, 3.63) is 28.5 Å². The van der Waals surface area contributed by atoms with E-state index in [1.54, 1.807) is 0 Å². The molecule has 0 bridgehead atoms. The van der Waals surface area contributed by atoms with E-state index in [-0.39, 0.29) is 0 Å². The molecule has 3 nitrogen and oxygen atoms in total. The van der Waals surface area contributed by atoms with E-state index in [0.717, 1.165) is 15.8 Å². The van der Waals surface area contributed by atoms with E-state index < -0.39 is 0 Å². The Morgan fingerprint density at radius 3 is 2.71 bits per heavy atom. The Balaban J connectivity index is 2.91. The monoisotopic (exact) mass is 207 g/mol. The molecule has 1 N–H and O–H groups in total. The Kier molecular flexibility index (Phi) is 2.07. The van der Waals surface area contributed by atoms with Crippen LogP contribution in [-0.2, 0) is 0 Å². The Morgan fingerprint density at radius 1 is 1.36 bits per heavy atom. The zero-order valence-electron chi connectivity index (χ0n) is 8.53. The molecule has 4 heteroatoms. The van der Waals surface area contributed by atoms with E-state index in [1.165, 1.54) is 5.56 Å². The van der Waals surface area contributed by atoms with Gasteiger partial charge in [0.05, 0.1) is 11.0 Å². The van der Waals surface area contributed by atoms with Gasteiger partial charge in [-0.2, -0.15) is 0 Å². The third kappa shape index (κ3) is 1.23. The lowest BCUT2D eigenvalue weighted by molar-refractivity contribution is 0.742. The molecule has 14 heavy (non-hydrogen) atoms. The highest BCUT2D eigenvalue weighted by atomic mass is 32.1. The van der Waals surface area contributed by atoms with Gasteiger partial charge >= 0.3 is 0 Å². The quantitative estimate of drug-likeness (QED) is 0.725. The van der Waals surface area contributed by atoms with E-state index in [9.17, 15) is 0 Å². The highest BCUT2D eigenvalue weighted by Gasteiger charge is 2.06. The van der Waals surface area contributed by atoms with Gasteiger partial charge in [0.2, 0.25) is 0 Å². The number of aromatic amines is 1. The summed E-state index contributed by atoms with van der Waals surface area (Å²) in [6.45, 7) is 2.08. The molecule has 2 rings (SSSR count). The second-order valence-electron chi connectivity index (χ2n) is 3.56. The first-order valence-corrected chi connectivity index (χ1v) is 4.90. The molecular weight excluding hydrogens is 194 g/mol. The fourth-order valence-electron chi connectivity index (χ4n) is 1.66. The van der Waals surface area contributed by atoms with Crippen LogP contribution in [0.15, 0.2) is 18.2 Å². The van der Waals surface area contributed by atoms with Crippen LogP contribution in [0, 0.1) is 11.7 Å². The highest BCUT2D eigenvalue weighted by Crippen LogP contribution is 2.17. The average molecular weight is 207 g/mol. The second-order valence-corrected chi connectivity index (χ2v) is 3.94. The van der Waals surface area contributed by atoms with Gasteiger partial charge < -0.3 is 9.99 Å². The summed E-state index contributed by atoms with van der Waals surface area (Å²) in [6, 6.07) is 6.18. The van der Waals surface area contributed by atoms with E-state index in [4.69, 9.17) is 12.2 Å². The molecule has 74 valence electrons. The van der Waals surface area contributed by atoms with Gasteiger partial charge in [-0.05, 0) is 30.8 Å². The summed E-state index contributed by atoms with van der Waals surface area (Å²) >= 11 is 5.25. The number of nitrogens with zero attached hydrogens (tertiary/aromatic N) is 2. The standard InChI is InChI=1S/C10H13N3S/c1-7-5-4-6-8-9(7)11-10(14)13(8)12(2)3/h4-6H,1-3H3,(H,11,14). The first-order chi connectivity index (χ1) is 6.61. The molecular formula is C10H13N3S. The molecule has 0 aliphatic heterocycles. The Hall–Kier alpha value is -1.29. The van der Waals surface area contributed by atoms with Crippen molar-refractivity contribution in [2.24, 2.45) is 0 Å². The van der Waals surface area contributed by atoms with Crippen LogP contribution in [-0.4, -0.2) is 23.8 Å². The van der Waals surface area contributed by atoms with Crippen LogP contribution in [0.5, 0.6) is 0 Å². The average Bonchev–Trinajstić information content (AvgIpc) is 2.42. The van der Waals surface area contributed by atoms with Gasteiger partial charge in [-0.3, -0.25) is 0 Å². The lowest BCUT2D eigenvalue weighted by atomic mass is 10.2. The maximum Gasteiger partial charge on any atom is 0.197 e. The van der Waals surface area contributed by atoms with Crippen LogP contribution in [0.2, 0.25) is 0 Å². The maximum absolute atomic E-state index is 5.25. The van der Waals surface area contributed by atoms with Crippen LogP contribution in [0.25, 0.3) is 11.0 Å². The van der Waals surface area contributed by atoms with Crippen LogP contribution < -0.4 is 5.01 Å². The van der Waals surface area contributed by atoms with Crippen molar-refractivity contribution in [3.63, 3.8) is 0 Å². The summed E-state index contributed by atoms with van der Waals surface area (Å²) in [4.78, 5) is 3.21. The van der Waals surface area contributed by atoms with E-state index in [1.807, 2.05) is 29.8 Å². The molecule has 0 amide bonds. The number of imidazole rings is 1. The number of H-pyrrole nitrogens is 1. The predicted octanol–water partition coefficient (Wildman–Crippen LogP) is 2.20. The fraction of sp³-hybridized carbons (Fsp3) is 0.300. The Morgan fingerprint density at radius 2 is 2.07 bits per heavy atom. The van der Waals surface area contributed by atoms with Crippen molar-refractivity contribution < 1.29 is 0 Å². The zero-order valence-corrected chi connectivity index (χ0v) is 9.35.